The number of nitrogens with zero attached hydrogens (tertiary/aromatic N) is 1. The van der Waals surface area contributed by atoms with Crippen molar-refractivity contribution in [2.45, 2.75) is 12.8 Å². The smallest absolute Gasteiger partial charge is 0.257 e. The van der Waals surface area contributed by atoms with E-state index in [2.05, 4.69) is 0 Å². The zero-order chi connectivity index (χ0) is 14.8. The minimum Gasteiger partial charge on any atom is -0.486 e. The second kappa shape index (κ2) is 5.63. The molecule has 0 saturated carbocycles. The van der Waals surface area contributed by atoms with Gasteiger partial charge >= 0.3 is 0 Å². The van der Waals surface area contributed by atoms with Crippen LogP contribution in [0.2, 0.25) is 0 Å². The number of fused-ring (bicyclic) bond motifs is 1. The van der Waals surface area contributed by atoms with Gasteiger partial charge in [-0.25, -0.2) is 0 Å². The molecular formula is C15H18N2O4. The maximum absolute atomic E-state index is 12.7. The molecule has 0 spiro atoms. The van der Waals surface area contributed by atoms with Crippen LogP contribution >= 0.6 is 0 Å². The first-order valence-electron chi connectivity index (χ1n) is 7.14. The van der Waals surface area contributed by atoms with Gasteiger partial charge in [0.05, 0.1) is 11.5 Å². The predicted molar refractivity (Wildman–Crippen MR) is 75.3 cm³/mol. The summed E-state index contributed by atoms with van der Waals surface area (Å²) in [7, 11) is 0. The van der Waals surface area contributed by atoms with Crippen LogP contribution in [-0.2, 0) is 4.79 Å². The Hall–Kier alpha value is -2.24. The zero-order valence-electron chi connectivity index (χ0n) is 11.7. The van der Waals surface area contributed by atoms with Crippen molar-refractivity contribution in [1.82, 2.24) is 4.90 Å². The van der Waals surface area contributed by atoms with Gasteiger partial charge in [0.15, 0.2) is 11.5 Å². The molecule has 0 aromatic heterocycles. The summed E-state index contributed by atoms with van der Waals surface area (Å²) >= 11 is 0. The van der Waals surface area contributed by atoms with Crippen molar-refractivity contribution in [2.75, 3.05) is 26.3 Å². The summed E-state index contributed by atoms with van der Waals surface area (Å²) in [6.45, 7) is 1.92. The molecule has 2 heterocycles. The Morgan fingerprint density at radius 2 is 2.05 bits per heavy atom. The summed E-state index contributed by atoms with van der Waals surface area (Å²) in [5.74, 6) is 0.343. The molecule has 2 aliphatic rings. The Morgan fingerprint density at radius 1 is 1.24 bits per heavy atom. The van der Waals surface area contributed by atoms with E-state index in [0.29, 0.717) is 43.4 Å². The molecule has 1 atom stereocenters. The van der Waals surface area contributed by atoms with Crippen LogP contribution in [0.4, 0.5) is 0 Å². The molecule has 2 N–H and O–H groups in total. The van der Waals surface area contributed by atoms with Gasteiger partial charge in [-0.05, 0) is 25.0 Å². The second-order valence-electron chi connectivity index (χ2n) is 5.32. The van der Waals surface area contributed by atoms with Crippen LogP contribution in [0.3, 0.4) is 0 Å². The molecule has 21 heavy (non-hydrogen) atoms. The third-order valence-corrected chi connectivity index (χ3v) is 3.91. The second-order valence-corrected chi connectivity index (χ2v) is 5.32. The van der Waals surface area contributed by atoms with Gasteiger partial charge in [0.1, 0.15) is 13.2 Å². The van der Waals surface area contributed by atoms with E-state index in [0.717, 1.165) is 12.8 Å². The molecule has 1 aromatic carbocycles. The fourth-order valence-corrected chi connectivity index (χ4v) is 2.81. The van der Waals surface area contributed by atoms with Gasteiger partial charge in [0.2, 0.25) is 5.91 Å². The predicted octanol–water partition coefficient (Wildman–Crippen LogP) is 0.795. The lowest BCUT2D eigenvalue weighted by atomic mass is 9.96. The average molecular weight is 290 g/mol. The van der Waals surface area contributed by atoms with Crippen LogP contribution in [0.5, 0.6) is 11.5 Å². The molecule has 2 amide bonds. The number of carbonyl (C=O) groups excluding carboxylic acids is 2. The van der Waals surface area contributed by atoms with E-state index >= 15 is 0 Å². The van der Waals surface area contributed by atoms with Crippen molar-refractivity contribution < 1.29 is 19.1 Å². The number of para-hydroxylation sites is 1. The van der Waals surface area contributed by atoms with Gasteiger partial charge in [-0.1, -0.05) is 6.07 Å². The molecular weight excluding hydrogens is 272 g/mol. The van der Waals surface area contributed by atoms with Crippen molar-refractivity contribution in [3.8, 4) is 11.5 Å². The van der Waals surface area contributed by atoms with Crippen LogP contribution in [0.15, 0.2) is 18.2 Å². The molecule has 6 nitrogen and oxygen atoms in total. The molecule has 3 rings (SSSR count). The molecule has 1 aromatic rings. The summed E-state index contributed by atoms with van der Waals surface area (Å²) in [6, 6.07) is 5.29. The number of primary amides is 1. The number of benzene rings is 1. The molecule has 0 radical (unpaired) electrons. The van der Waals surface area contributed by atoms with E-state index in [1.807, 2.05) is 0 Å². The van der Waals surface area contributed by atoms with Gasteiger partial charge in [-0.3, -0.25) is 9.59 Å². The zero-order valence-corrected chi connectivity index (χ0v) is 11.7. The van der Waals surface area contributed by atoms with E-state index in [4.69, 9.17) is 15.2 Å². The quantitative estimate of drug-likeness (QED) is 0.873. The number of hydrogen-bond acceptors (Lipinski definition) is 4. The molecule has 0 aliphatic carbocycles. The number of rotatable bonds is 2. The summed E-state index contributed by atoms with van der Waals surface area (Å²) in [6.07, 6.45) is 1.53. The van der Waals surface area contributed by atoms with Gasteiger partial charge in [-0.2, -0.15) is 0 Å². The SMILES string of the molecule is NC(=O)[C@H]1CCCN(C(=O)c2cccc3c2OCCO3)C1. The molecule has 112 valence electrons. The summed E-state index contributed by atoms with van der Waals surface area (Å²) < 4.78 is 11.1. The fraction of sp³-hybridized carbons (Fsp3) is 0.467. The third-order valence-electron chi connectivity index (χ3n) is 3.91. The first kappa shape index (κ1) is 13.7. The summed E-state index contributed by atoms with van der Waals surface area (Å²) in [5, 5.41) is 0. The van der Waals surface area contributed by atoms with Crippen LogP contribution in [0.25, 0.3) is 0 Å². The highest BCUT2D eigenvalue weighted by molar-refractivity contribution is 5.98. The van der Waals surface area contributed by atoms with Crippen LogP contribution in [0, 0.1) is 5.92 Å². The number of likely N-dealkylation sites (tertiary alicyclic amines) is 1. The molecule has 0 unspecified atom stereocenters. The minimum atomic E-state index is -0.345. The van der Waals surface area contributed by atoms with Gasteiger partial charge in [-0.15, -0.1) is 0 Å². The third kappa shape index (κ3) is 2.66. The number of piperidine rings is 1. The molecule has 0 bridgehead atoms. The van der Waals surface area contributed by atoms with Crippen molar-refractivity contribution in [3.63, 3.8) is 0 Å². The Bertz CT molecular complexity index is 573. The van der Waals surface area contributed by atoms with Crippen molar-refractivity contribution >= 4 is 11.8 Å². The summed E-state index contributed by atoms with van der Waals surface area (Å²) in [5.41, 5.74) is 5.84. The maximum atomic E-state index is 12.7. The highest BCUT2D eigenvalue weighted by Crippen LogP contribution is 2.34. The maximum Gasteiger partial charge on any atom is 0.257 e. The Morgan fingerprint density at radius 3 is 2.86 bits per heavy atom. The average Bonchev–Trinajstić information content (AvgIpc) is 2.53. The largest absolute Gasteiger partial charge is 0.486 e. The number of hydrogen-bond donors (Lipinski definition) is 1. The standard InChI is InChI=1S/C15H18N2O4/c16-14(18)10-3-2-6-17(9-10)15(19)11-4-1-5-12-13(11)21-8-7-20-12/h1,4-5,10H,2-3,6-9H2,(H2,16,18)/t10-/m0/s1. The van der Waals surface area contributed by atoms with Crippen molar-refractivity contribution in [3.05, 3.63) is 23.8 Å². The van der Waals surface area contributed by atoms with Gasteiger partial charge in [0, 0.05) is 13.1 Å². The lowest BCUT2D eigenvalue weighted by Gasteiger charge is -2.32. The molecule has 6 heteroatoms. The van der Waals surface area contributed by atoms with E-state index < -0.39 is 0 Å². The Balaban J connectivity index is 1.83. The first-order chi connectivity index (χ1) is 10.2. The Labute approximate surface area is 122 Å². The van der Waals surface area contributed by atoms with Crippen molar-refractivity contribution in [1.29, 1.82) is 0 Å². The normalized spacial score (nSPS) is 21.0. The van der Waals surface area contributed by atoms with Crippen LogP contribution < -0.4 is 15.2 Å². The highest BCUT2D eigenvalue weighted by atomic mass is 16.6. The molecule has 1 fully saturated rings. The monoisotopic (exact) mass is 290 g/mol. The Kier molecular flexibility index (Phi) is 3.68. The number of ether oxygens (including phenoxy) is 2. The highest BCUT2D eigenvalue weighted by Gasteiger charge is 2.30. The van der Waals surface area contributed by atoms with Gasteiger partial charge < -0.3 is 20.1 Å². The summed E-state index contributed by atoms with van der Waals surface area (Å²) in [4.78, 5) is 25.7. The number of amides is 2. The van der Waals surface area contributed by atoms with Crippen LogP contribution in [-0.4, -0.2) is 43.0 Å². The van der Waals surface area contributed by atoms with E-state index in [9.17, 15) is 9.59 Å². The fourth-order valence-electron chi connectivity index (χ4n) is 2.81. The number of nitrogens with two attached hydrogens (primary N) is 1. The minimum absolute atomic E-state index is 0.136. The molecule has 2 aliphatic heterocycles. The van der Waals surface area contributed by atoms with Gasteiger partial charge in [0.25, 0.3) is 5.91 Å². The first-order valence-corrected chi connectivity index (χ1v) is 7.14. The van der Waals surface area contributed by atoms with E-state index in [1.54, 1.807) is 23.1 Å². The number of carbonyl (C=O) groups is 2. The lowest BCUT2D eigenvalue weighted by Crippen LogP contribution is -2.44. The lowest BCUT2D eigenvalue weighted by molar-refractivity contribution is -0.123. The van der Waals surface area contributed by atoms with E-state index in [1.165, 1.54) is 0 Å². The van der Waals surface area contributed by atoms with Crippen molar-refractivity contribution in [2.24, 2.45) is 11.7 Å². The topological polar surface area (TPSA) is 81.9 Å². The molecule has 1 saturated heterocycles. The van der Waals surface area contributed by atoms with Crippen LogP contribution in [0.1, 0.15) is 23.2 Å². The van der Waals surface area contributed by atoms with E-state index in [-0.39, 0.29) is 17.7 Å².